The summed E-state index contributed by atoms with van der Waals surface area (Å²) in [4.78, 5) is 27.3. The van der Waals surface area contributed by atoms with Crippen molar-refractivity contribution in [1.29, 1.82) is 0 Å². The van der Waals surface area contributed by atoms with Gasteiger partial charge in [-0.2, -0.15) is 0 Å². The quantitative estimate of drug-likeness (QED) is 0.459. The van der Waals surface area contributed by atoms with Crippen LogP contribution in [-0.4, -0.2) is 21.1 Å². The number of non-ortho nitro benzene ring substituents is 1. The van der Waals surface area contributed by atoms with E-state index in [1.54, 1.807) is 42.5 Å². The molecule has 0 spiro atoms. The average molecular weight is 407 g/mol. The first-order chi connectivity index (χ1) is 14.0. The lowest BCUT2D eigenvalue weighted by molar-refractivity contribution is -0.384. The van der Waals surface area contributed by atoms with Gasteiger partial charge in [-0.3, -0.25) is 14.9 Å². The standard InChI is InChI=1S/C20H13N3O5S/c24-15-6-4-13(5-7-15)21-19-18(29-20(25)22-19)11-16-8-9-17(28-16)12-2-1-3-14(10-12)23(26)27/h1-11,24H,(H,21,22,25). The summed E-state index contributed by atoms with van der Waals surface area (Å²) in [6, 6.07) is 15.8. The fourth-order valence-electron chi connectivity index (χ4n) is 2.66. The van der Waals surface area contributed by atoms with Crippen molar-refractivity contribution in [2.45, 2.75) is 0 Å². The third-order valence-corrected chi connectivity index (χ3v) is 4.81. The highest BCUT2D eigenvalue weighted by Crippen LogP contribution is 2.31. The van der Waals surface area contributed by atoms with E-state index in [4.69, 9.17) is 4.42 Å². The second kappa shape index (κ2) is 7.64. The molecule has 0 radical (unpaired) electrons. The van der Waals surface area contributed by atoms with Crippen LogP contribution in [0, 0.1) is 10.1 Å². The summed E-state index contributed by atoms with van der Waals surface area (Å²) < 4.78 is 5.78. The molecule has 1 aromatic heterocycles. The van der Waals surface area contributed by atoms with Crippen molar-refractivity contribution < 1.29 is 19.2 Å². The molecule has 1 aliphatic heterocycles. The molecule has 144 valence electrons. The Morgan fingerprint density at radius 1 is 1.14 bits per heavy atom. The molecule has 2 N–H and O–H groups in total. The number of nitro benzene ring substituents is 1. The highest BCUT2D eigenvalue weighted by Gasteiger charge is 2.24. The van der Waals surface area contributed by atoms with Crippen molar-refractivity contribution >= 4 is 40.3 Å². The van der Waals surface area contributed by atoms with Crippen molar-refractivity contribution in [3.63, 3.8) is 0 Å². The Bertz CT molecular complexity index is 1160. The number of aromatic hydroxyl groups is 1. The minimum absolute atomic E-state index is 0.0248. The van der Waals surface area contributed by atoms with Gasteiger partial charge in [0.1, 0.15) is 23.1 Å². The molecule has 0 aliphatic carbocycles. The summed E-state index contributed by atoms with van der Waals surface area (Å²) in [6.07, 6.45) is 1.67. The first kappa shape index (κ1) is 18.5. The van der Waals surface area contributed by atoms with Crippen molar-refractivity contribution in [1.82, 2.24) is 5.32 Å². The maximum Gasteiger partial charge on any atom is 0.289 e. The molecule has 2 aromatic carbocycles. The van der Waals surface area contributed by atoms with Crippen molar-refractivity contribution in [2.24, 2.45) is 4.99 Å². The Kier molecular flexibility index (Phi) is 4.88. The predicted octanol–water partition coefficient (Wildman–Crippen LogP) is 5.09. The highest BCUT2D eigenvalue weighted by molar-refractivity contribution is 8.18. The first-order valence-electron chi connectivity index (χ1n) is 8.41. The number of carbonyl (C=O) groups is 1. The van der Waals surface area contributed by atoms with E-state index in [-0.39, 0.29) is 16.7 Å². The zero-order chi connectivity index (χ0) is 20.4. The minimum Gasteiger partial charge on any atom is -0.508 e. The molecule has 0 saturated carbocycles. The summed E-state index contributed by atoms with van der Waals surface area (Å²) in [7, 11) is 0. The van der Waals surface area contributed by atoms with E-state index in [2.05, 4.69) is 10.3 Å². The molecular weight excluding hydrogens is 394 g/mol. The molecule has 3 aromatic rings. The van der Waals surface area contributed by atoms with Gasteiger partial charge in [-0.15, -0.1) is 0 Å². The summed E-state index contributed by atoms with van der Waals surface area (Å²) in [6.45, 7) is 0. The molecule has 4 rings (SSSR count). The van der Waals surface area contributed by atoms with Crippen molar-refractivity contribution in [3.05, 3.63) is 81.4 Å². The van der Waals surface area contributed by atoms with E-state index in [0.29, 0.717) is 33.5 Å². The Hall–Kier alpha value is -3.85. The van der Waals surface area contributed by atoms with E-state index in [1.807, 2.05) is 0 Å². The first-order valence-corrected chi connectivity index (χ1v) is 9.23. The predicted molar refractivity (Wildman–Crippen MR) is 110 cm³/mol. The maximum absolute atomic E-state index is 11.8. The lowest BCUT2D eigenvalue weighted by Gasteiger charge is -2.00. The molecular formula is C20H13N3O5S. The van der Waals surface area contributed by atoms with Gasteiger partial charge in [0, 0.05) is 17.7 Å². The van der Waals surface area contributed by atoms with E-state index in [0.717, 1.165) is 11.8 Å². The largest absolute Gasteiger partial charge is 0.508 e. The Balaban J connectivity index is 1.63. The van der Waals surface area contributed by atoms with Crippen LogP contribution in [0.2, 0.25) is 0 Å². The number of furan rings is 1. The van der Waals surface area contributed by atoms with E-state index < -0.39 is 4.92 Å². The van der Waals surface area contributed by atoms with Gasteiger partial charge in [0.2, 0.25) is 0 Å². The maximum atomic E-state index is 11.8. The van der Waals surface area contributed by atoms with Crippen LogP contribution < -0.4 is 5.32 Å². The number of phenolic OH excluding ortho intramolecular Hbond substituents is 1. The van der Waals surface area contributed by atoms with Gasteiger partial charge in [0.25, 0.3) is 10.9 Å². The molecule has 1 amide bonds. The number of hydrogen-bond acceptors (Lipinski definition) is 7. The van der Waals surface area contributed by atoms with Crippen LogP contribution in [0.15, 0.2) is 75.0 Å². The molecule has 1 saturated heterocycles. The molecule has 9 heteroatoms. The van der Waals surface area contributed by atoms with Gasteiger partial charge in [0.15, 0.2) is 0 Å². The van der Waals surface area contributed by atoms with Crippen molar-refractivity contribution in [2.75, 3.05) is 0 Å². The highest BCUT2D eigenvalue weighted by atomic mass is 32.2. The molecule has 29 heavy (non-hydrogen) atoms. The number of nitrogens with zero attached hydrogens (tertiary/aromatic N) is 2. The Morgan fingerprint density at radius 3 is 2.69 bits per heavy atom. The SMILES string of the molecule is O=C1NC(=Nc2ccc(O)cc2)C(=Cc2ccc(-c3cccc([N+](=O)[O-])c3)o2)S1. The number of thioether (sulfide) groups is 1. The normalized spacial score (nSPS) is 16.3. The van der Waals surface area contributed by atoms with Gasteiger partial charge in [-0.25, -0.2) is 4.99 Å². The van der Waals surface area contributed by atoms with Gasteiger partial charge in [0.05, 0.1) is 15.5 Å². The van der Waals surface area contributed by atoms with Crippen molar-refractivity contribution in [3.8, 4) is 17.1 Å². The summed E-state index contributed by atoms with van der Waals surface area (Å²) in [5.41, 5.74) is 1.13. The number of nitro groups is 1. The number of nitrogens with one attached hydrogen (secondary N) is 1. The minimum atomic E-state index is -0.464. The third-order valence-electron chi connectivity index (χ3n) is 3.99. The van der Waals surface area contributed by atoms with Crippen LogP contribution in [0.1, 0.15) is 5.76 Å². The monoisotopic (exact) mass is 407 g/mol. The van der Waals surface area contributed by atoms with E-state index in [1.165, 1.54) is 24.3 Å². The smallest absolute Gasteiger partial charge is 0.289 e. The second-order valence-electron chi connectivity index (χ2n) is 6.01. The topological polar surface area (TPSA) is 118 Å². The lowest BCUT2D eigenvalue weighted by atomic mass is 10.1. The fourth-order valence-corrected chi connectivity index (χ4v) is 3.37. The van der Waals surface area contributed by atoms with Crippen LogP contribution in [-0.2, 0) is 0 Å². The number of rotatable bonds is 4. The van der Waals surface area contributed by atoms with E-state index >= 15 is 0 Å². The second-order valence-corrected chi connectivity index (χ2v) is 7.02. The molecule has 2 heterocycles. The van der Waals surface area contributed by atoms with Gasteiger partial charge < -0.3 is 14.8 Å². The molecule has 1 fully saturated rings. The number of hydrogen-bond donors (Lipinski definition) is 2. The fraction of sp³-hybridized carbons (Fsp3) is 0. The van der Waals surface area contributed by atoms with Crippen LogP contribution in [0.4, 0.5) is 16.2 Å². The van der Waals surface area contributed by atoms with Crippen LogP contribution in [0.3, 0.4) is 0 Å². The lowest BCUT2D eigenvalue weighted by Crippen LogP contribution is -2.18. The number of amides is 1. The van der Waals surface area contributed by atoms with Crippen LogP contribution >= 0.6 is 11.8 Å². The Morgan fingerprint density at radius 2 is 1.93 bits per heavy atom. The van der Waals surface area contributed by atoms with Gasteiger partial charge >= 0.3 is 0 Å². The zero-order valence-electron chi connectivity index (χ0n) is 14.7. The molecule has 0 unspecified atom stereocenters. The Labute approximate surface area is 168 Å². The number of carbonyl (C=O) groups excluding carboxylic acids is 1. The van der Waals surface area contributed by atoms with Gasteiger partial charge in [-0.1, -0.05) is 12.1 Å². The molecule has 0 atom stereocenters. The number of benzene rings is 2. The number of amidine groups is 1. The number of phenols is 1. The molecule has 8 nitrogen and oxygen atoms in total. The summed E-state index contributed by atoms with van der Waals surface area (Å²) in [5, 5.41) is 22.7. The molecule has 0 bridgehead atoms. The van der Waals surface area contributed by atoms with E-state index in [9.17, 15) is 20.0 Å². The third kappa shape index (κ3) is 4.19. The summed E-state index contributed by atoms with van der Waals surface area (Å²) in [5.74, 6) is 1.45. The summed E-state index contributed by atoms with van der Waals surface area (Å²) >= 11 is 0.984. The van der Waals surface area contributed by atoms with Crippen LogP contribution in [0.25, 0.3) is 17.4 Å². The van der Waals surface area contributed by atoms with Crippen LogP contribution in [0.5, 0.6) is 5.75 Å². The van der Waals surface area contributed by atoms with Gasteiger partial charge in [-0.05, 0) is 54.2 Å². The molecule has 1 aliphatic rings. The number of aliphatic imine (C=N–C) groups is 1. The zero-order valence-corrected chi connectivity index (χ0v) is 15.6. The average Bonchev–Trinajstić information content (AvgIpc) is 3.30.